The van der Waals surface area contributed by atoms with Crippen LogP contribution in [-0.4, -0.2) is 17.1 Å². The van der Waals surface area contributed by atoms with Crippen LogP contribution in [0.1, 0.15) is 29.9 Å². The third-order valence-corrected chi connectivity index (χ3v) is 5.39. The molecule has 0 radical (unpaired) electrons. The lowest BCUT2D eigenvalue weighted by Crippen LogP contribution is -2.16. The predicted octanol–water partition coefficient (Wildman–Crippen LogP) is 3.96. The van der Waals surface area contributed by atoms with Gasteiger partial charge in [0.05, 0.1) is 21.3 Å². The van der Waals surface area contributed by atoms with Crippen molar-refractivity contribution >= 4 is 34.2 Å². The molecule has 0 unspecified atom stereocenters. The molecule has 0 spiro atoms. The van der Waals surface area contributed by atoms with Crippen molar-refractivity contribution in [3.8, 4) is 0 Å². The van der Waals surface area contributed by atoms with E-state index in [2.05, 4.69) is 51.8 Å². The molecule has 0 bridgehead atoms. The maximum absolute atomic E-state index is 6.26. The van der Waals surface area contributed by atoms with E-state index in [-0.39, 0.29) is 5.41 Å². The molecule has 0 N–H and O–H groups in total. The average molecular weight is 401 g/mol. The van der Waals surface area contributed by atoms with Gasteiger partial charge >= 0.3 is 0 Å². The Balaban J connectivity index is 2.07. The second kappa shape index (κ2) is 5.58. The number of hydrogen-bond donors (Lipinski definition) is 0. The molecule has 1 aliphatic carbocycles. The molecule has 0 saturated heterocycles. The van der Waals surface area contributed by atoms with Crippen molar-refractivity contribution in [2.75, 3.05) is 7.11 Å². The Morgan fingerprint density at radius 2 is 1.95 bits per heavy atom. The minimum atomic E-state index is -0.0578. The van der Waals surface area contributed by atoms with E-state index in [1.807, 2.05) is 6.07 Å². The number of halogens is 2. The minimum Gasteiger partial charge on any atom is -0.378 e. The Labute approximate surface area is 136 Å². The third kappa shape index (κ3) is 2.44. The zero-order valence-electron chi connectivity index (χ0n) is 11.1. The van der Waals surface area contributed by atoms with Gasteiger partial charge in [-0.3, -0.25) is 0 Å². The summed E-state index contributed by atoms with van der Waals surface area (Å²) in [6.45, 7) is 0.457. The fourth-order valence-corrected chi connectivity index (χ4v) is 3.02. The molecule has 3 rings (SSSR count). The summed E-state index contributed by atoms with van der Waals surface area (Å²) >= 11 is 8.43. The Kier molecular flexibility index (Phi) is 3.97. The molecule has 1 aromatic carbocycles. The molecule has 1 saturated carbocycles. The fraction of sp³-hybridized carbons (Fsp3) is 0.333. The topological polar surface area (TPSA) is 35.0 Å². The van der Waals surface area contributed by atoms with E-state index in [0.29, 0.717) is 11.8 Å². The van der Waals surface area contributed by atoms with Crippen LogP contribution in [0.3, 0.4) is 0 Å². The first kappa shape index (κ1) is 14.2. The molecule has 20 heavy (non-hydrogen) atoms. The highest BCUT2D eigenvalue weighted by molar-refractivity contribution is 14.1. The van der Waals surface area contributed by atoms with Gasteiger partial charge in [-0.25, -0.2) is 9.97 Å². The van der Waals surface area contributed by atoms with Crippen LogP contribution in [0.15, 0.2) is 30.3 Å². The number of aromatic nitrogens is 2. The van der Waals surface area contributed by atoms with Crippen LogP contribution in [0.25, 0.3) is 0 Å². The van der Waals surface area contributed by atoms with Gasteiger partial charge in [0, 0.05) is 7.11 Å². The Bertz CT molecular complexity index is 629. The summed E-state index contributed by atoms with van der Waals surface area (Å²) in [6, 6.07) is 10.4. The van der Waals surface area contributed by atoms with Crippen molar-refractivity contribution in [2.24, 2.45) is 0 Å². The van der Waals surface area contributed by atoms with E-state index in [0.717, 1.165) is 27.9 Å². The molecule has 2 aromatic rings. The van der Waals surface area contributed by atoms with E-state index < -0.39 is 0 Å². The monoisotopic (exact) mass is 400 g/mol. The lowest BCUT2D eigenvalue weighted by Gasteiger charge is -2.16. The lowest BCUT2D eigenvalue weighted by molar-refractivity contribution is 0.180. The van der Waals surface area contributed by atoms with Gasteiger partial charge in [0.2, 0.25) is 0 Å². The third-order valence-electron chi connectivity index (χ3n) is 3.66. The van der Waals surface area contributed by atoms with Crippen molar-refractivity contribution in [1.29, 1.82) is 0 Å². The molecule has 104 valence electrons. The van der Waals surface area contributed by atoms with Crippen molar-refractivity contribution in [3.05, 3.63) is 56.1 Å². The molecule has 1 fully saturated rings. The van der Waals surface area contributed by atoms with Crippen molar-refractivity contribution in [1.82, 2.24) is 9.97 Å². The molecule has 1 aromatic heterocycles. The zero-order chi connectivity index (χ0) is 14.2. The maximum Gasteiger partial charge on any atom is 0.146 e. The molecule has 5 heteroatoms. The van der Waals surface area contributed by atoms with Crippen LogP contribution in [0, 0.1) is 3.57 Å². The van der Waals surface area contributed by atoms with Crippen LogP contribution in [-0.2, 0) is 16.8 Å². The van der Waals surface area contributed by atoms with Gasteiger partial charge in [-0.15, -0.1) is 0 Å². The summed E-state index contributed by atoms with van der Waals surface area (Å²) in [4.78, 5) is 9.22. The maximum atomic E-state index is 6.26. The molecule has 0 amide bonds. The zero-order valence-corrected chi connectivity index (χ0v) is 14.0. The number of hydrogen-bond acceptors (Lipinski definition) is 3. The summed E-state index contributed by atoms with van der Waals surface area (Å²) in [5, 5.41) is 0.518. The predicted molar refractivity (Wildman–Crippen MR) is 86.9 cm³/mol. The van der Waals surface area contributed by atoms with Gasteiger partial charge in [0.25, 0.3) is 0 Å². The SMILES string of the molecule is COCc1nc(C2(c3ccccc3)CC2)nc(Cl)c1I. The van der Waals surface area contributed by atoms with Crippen LogP contribution in [0.4, 0.5) is 0 Å². The minimum absolute atomic E-state index is 0.0578. The highest BCUT2D eigenvalue weighted by Gasteiger charge is 2.49. The molecule has 3 nitrogen and oxygen atoms in total. The molecule has 1 aliphatic rings. The van der Waals surface area contributed by atoms with Gasteiger partial charge in [0.1, 0.15) is 11.0 Å². The molecule has 0 aliphatic heterocycles. The Morgan fingerprint density at radius 3 is 2.55 bits per heavy atom. The first-order valence-corrected chi connectivity index (χ1v) is 7.90. The summed E-state index contributed by atoms with van der Waals surface area (Å²) < 4.78 is 6.08. The number of rotatable bonds is 4. The highest BCUT2D eigenvalue weighted by Crippen LogP contribution is 2.52. The average Bonchev–Trinajstić information content (AvgIpc) is 3.26. The van der Waals surface area contributed by atoms with Crippen molar-refractivity contribution in [2.45, 2.75) is 24.9 Å². The fourth-order valence-electron chi connectivity index (χ4n) is 2.43. The van der Waals surface area contributed by atoms with Crippen LogP contribution >= 0.6 is 34.2 Å². The van der Waals surface area contributed by atoms with Crippen LogP contribution in [0.5, 0.6) is 0 Å². The normalized spacial score (nSPS) is 16.1. The molecular weight excluding hydrogens is 387 g/mol. The smallest absolute Gasteiger partial charge is 0.146 e. The Hall–Kier alpha value is -0.720. The van der Waals surface area contributed by atoms with E-state index in [1.54, 1.807) is 7.11 Å². The van der Waals surface area contributed by atoms with Gasteiger partial charge in [0.15, 0.2) is 0 Å². The van der Waals surface area contributed by atoms with Crippen LogP contribution < -0.4 is 0 Å². The molecule has 0 atom stereocenters. The van der Waals surface area contributed by atoms with E-state index >= 15 is 0 Å². The molecular formula is C15H14ClIN2O. The number of nitrogens with zero attached hydrogens (tertiary/aromatic N) is 2. The van der Waals surface area contributed by atoms with E-state index in [4.69, 9.17) is 21.3 Å². The van der Waals surface area contributed by atoms with Gasteiger partial charge < -0.3 is 4.74 Å². The largest absolute Gasteiger partial charge is 0.378 e. The van der Waals surface area contributed by atoms with E-state index in [9.17, 15) is 0 Å². The standard InChI is InChI=1S/C15H14ClIN2O/c1-20-9-11-12(17)13(16)19-14(18-11)15(7-8-15)10-5-3-2-4-6-10/h2-6H,7-9H2,1H3. The summed E-state index contributed by atoms with van der Waals surface area (Å²) in [5.74, 6) is 0.821. The summed E-state index contributed by atoms with van der Waals surface area (Å²) in [5.41, 5.74) is 2.07. The van der Waals surface area contributed by atoms with Gasteiger partial charge in [-0.1, -0.05) is 41.9 Å². The van der Waals surface area contributed by atoms with E-state index in [1.165, 1.54) is 5.56 Å². The number of methoxy groups -OCH3 is 1. The second-order valence-corrected chi connectivity index (χ2v) is 6.42. The van der Waals surface area contributed by atoms with Crippen molar-refractivity contribution < 1.29 is 4.74 Å². The second-order valence-electron chi connectivity index (χ2n) is 4.98. The first-order valence-electron chi connectivity index (χ1n) is 6.44. The van der Waals surface area contributed by atoms with Gasteiger partial charge in [-0.2, -0.15) is 0 Å². The Morgan fingerprint density at radius 1 is 1.25 bits per heavy atom. The van der Waals surface area contributed by atoms with Crippen LogP contribution in [0.2, 0.25) is 5.15 Å². The summed E-state index contributed by atoms with van der Waals surface area (Å²) in [7, 11) is 1.66. The quantitative estimate of drug-likeness (QED) is 0.575. The van der Waals surface area contributed by atoms with Gasteiger partial charge in [-0.05, 0) is 41.0 Å². The highest BCUT2D eigenvalue weighted by atomic mass is 127. The number of benzene rings is 1. The lowest BCUT2D eigenvalue weighted by atomic mass is 9.95. The summed E-state index contributed by atoms with van der Waals surface area (Å²) in [6.07, 6.45) is 2.14. The number of ether oxygens (including phenoxy) is 1. The van der Waals surface area contributed by atoms with Crippen molar-refractivity contribution in [3.63, 3.8) is 0 Å². The molecule has 1 heterocycles. The first-order chi connectivity index (χ1) is 9.67.